The van der Waals surface area contributed by atoms with E-state index in [1.807, 2.05) is 38.1 Å². The summed E-state index contributed by atoms with van der Waals surface area (Å²) in [7, 11) is 1.54. The lowest BCUT2D eigenvalue weighted by Gasteiger charge is -2.16. The molecule has 0 saturated heterocycles. The van der Waals surface area contributed by atoms with E-state index in [1.165, 1.54) is 7.11 Å². The highest BCUT2D eigenvalue weighted by atomic mass is 35.5. The van der Waals surface area contributed by atoms with Crippen molar-refractivity contribution >= 4 is 34.8 Å². The standard InChI is InChI=1S/C20H19ClN2O3/c1-4-13-6-8-14(9-7-13)23-19(24)17(21)18(20(23)25)22-15-11-12(2)5-10-16(15)26-3/h5-11,22H,4H2,1-3H3. The van der Waals surface area contributed by atoms with Crippen molar-refractivity contribution in [3.05, 3.63) is 64.3 Å². The van der Waals surface area contributed by atoms with Crippen LogP contribution in [0.1, 0.15) is 18.1 Å². The van der Waals surface area contributed by atoms with Gasteiger partial charge in [0.05, 0.1) is 18.5 Å². The van der Waals surface area contributed by atoms with Crippen LogP contribution in [0, 0.1) is 6.92 Å². The molecule has 0 saturated carbocycles. The highest BCUT2D eigenvalue weighted by molar-refractivity contribution is 6.53. The van der Waals surface area contributed by atoms with Crippen molar-refractivity contribution in [3.8, 4) is 5.75 Å². The quantitative estimate of drug-likeness (QED) is 0.808. The minimum absolute atomic E-state index is 0.0418. The van der Waals surface area contributed by atoms with Crippen molar-refractivity contribution in [2.75, 3.05) is 17.3 Å². The van der Waals surface area contributed by atoms with Gasteiger partial charge in [-0.05, 0) is 48.7 Å². The maximum atomic E-state index is 12.8. The minimum atomic E-state index is -0.546. The molecule has 1 aliphatic heterocycles. The number of methoxy groups -OCH3 is 1. The predicted molar refractivity (Wildman–Crippen MR) is 103 cm³/mol. The van der Waals surface area contributed by atoms with E-state index in [9.17, 15) is 9.59 Å². The van der Waals surface area contributed by atoms with Crippen LogP contribution in [0.5, 0.6) is 5.75 Å². The van der Waals surface area contributed by atoms with Crippen LogP contribution in [0.15, 0.2) is 53.2 Å². The van der Waals surface area contributed by atoms with Gasteiger partial charge in [-0.3, -0.25) is 9.59 Å². The summed E-state index contributed by atoms with van der Waals surface area (Å²) in [6.45, 7) is 3.96. The molecule has 0 bridgehead atoms. The van der Waals surface area contributed by atoms with Crippen molar-refractivity contribution < 1.29 is 14.3 Å². The fourth-order valence-corrected chi connectivity index (χ4v) is 2.99. The Morgan fingerprint density at radius 3 is 2.38 bits per heavy atom. The maximum Gasteiger partial charge on any atom is 0.283 e. The molecule has 0 fully saturated rings. The molecule has 0 aromatic heterocycles. The van der Waals surface area contributed by atoms with Gasteiger partial charge in [0.1, 0.15) is 16.5 Å². The summed E-state index contributed by atoms with van der Waals surface area (Å²) in [6, 6.07) is 12.8. The number of ether oxygens (including phenoxy) is 1. The SMILES string of the molecule is CCc1ccc(N2C(=O)C(Cl)=C(Nc3cc(C)ccc3OC)C2=O)cc1. The molecule has 134 valence electrons. The summed E-state index contributed by atoms with van der Waals surface area (Å²) in [5.41, 5.74) is 3.21. The van der Waals surface area contributed by atoms with Gasteiger partial charge < -0.3 is 10.1 Å². The first-order valence-electron chi connectivity index (χ1n) is 8.25. The lowest BCUT2D eigenvalue weighted by molar-refractivity contribution is -0.120. The number of benzene rings is 2. The van der Waals surface area contributed by atoms with Gasteiger partial charge in [0.15, 0.2) is 0 Å². The van der Waals surface area contributed by atoms with Crippen molar-refractivity contribution in [2.45, 2.75) is 20.3 Å². The molecule has 1 heterocycles. The first-order chi connectivity index (χ1) is 12.5. The number of halogens is 1. The minimum Gasteiger partial charge on any atom is -0.495 e. The Balaban J connectivity index is 1.93. The van der Waals surface area contributed by atoms with Crippen LogP contribution in [0.3, 0.4) is 0 Å². The number of rotatable bonds is 5. The van der Waals surface area contributed by atoms with Gasteiger partial charge >= 0.3 is 0 Å². The molecule has 6 heteroatoms. The van der Waals surface area contributed by atoms with Crippen LogP contribution in [-0.2, 0) is 16.0 Å². The molecule has 1 N–H and O–H groups in total. The van der Waals surface area contributed by atoms with Crippen LogP contribution >= 0.6 is 11.6 Å². The first kappa shape index (κ1) is 18.0. The van der Waals surface area contributed by atoms with Crippen LogP contribution in [0.25, 0.3) is 0 Å². The van der Waals surface area contributed by atoms with Crippen LogP contribution < -0.4 is 15.0 Å². The van der Waals surface area contributed by atoms with Crippen molar-refractivity contribution in [3.63, 3.8) is 0 Å². The first-order valence-corrected chi connectivity index (χ1v) is 8.63. The third kappa shape index (κ3) is 3.18. The molecule has 2 aromatic rings. The average molecular weight is 371 g/mol. The Bertz CT molecular complexity index is 904. The molecule has 0 unspecified atom stereocenters. The molecule has 0 radical (unpaired) electrons. The van der Waals surface area contributed by atoms with Crippen molar-refractivity contribution in [1.82, 2.24) is 0 Å². The molecule has 0 aliphatic carbocycles. The highest BCUT2D eigenvalue weighted by Crippen LogP contribution is 2.33. The number of carbonyl (C=O) groups excluding carboxylic acids is 2. The van der Waals surface area contributed by atoms with Gasteiger partial charge in [0.2, 0.25) is 0 Å². The van der Waals surface area contributed by atoms with E-state index in [1.54, 1.807) is 18.2 Å². The van der Waals surface area contributed by atoms with Gasteiger partial charge in [-0.1, -0.05) is 36.7 Å². The smallest absolute Gasteiger partial charge is 0.283 e. The lowest BCUT2D eigenvalue weighted by atomic mass is 10.1. The summed E-state index contributed by atoms with van der Waals surface area (Å²) in [5, 5.41) is 2.82. The van der Waals surface area contributed by atoms with Crippen molar-refractivity contribution in [1.29, 1.82) is 0 Å². The van der Waals surface area contributed by atoms with Crippen molar-refractivity contribution in [2.24, 2.45) is 0 Å². The summed E-state index contributed by atoms with van der Waals surface area (Å²) in [5.74, 6) is -0.485. The zero-order valence-electron chi connectivity index (χ0n) is 14.8. The number of anilines is 2. The van der Waals surface area contributed by atoms with Gasteiger partial charge in [-0.25, -0.2) is 4.90 Å². The number of hydrogen-bond acceptors (Lipinski definition) is 4. The summed E-state index contributed by atoms with van der Waals surface area (Å²) < 4.78 is 5.31. The fraction of sp³-hybridized carbons (Fsp3) is 0.200. The monoisotopic (exact) mass is 370 g/mol. The largest absolute Gasteiger partial charge is 0.495 e. The number of imide groups is 1. The van der Waals surface area contributed by atoms with E-state index in [0.717, 1.165) is 22.4 Å². The Kier molecular flexibility index (Phi) is 5.00. The van der Waals surface area contributed by atoms with Crippen LogP contribution in [0.4, 0.5) is 11.4 Å². The van der Waals surface area contributed by atoms with E-state index < -0.39 is 11.8 Å². The molecule has 0 atom stereocenters. The molecule has 2 amide bonds. The average Bonchev–Trinajstić information content (AvgIpc) is 2.85. The Hall–Kier alpha value is -2.79. The Morgan fingerprint density at radius 2 is 1.77 bits per heavy atom. The van der Waals surface area contributed by atoms with E-state index in [-0.39, 0.29) is 10.7 Å². The maximum absolute atomic E-state index is 12.8. The second-order valence-corrected chi connectivity index (χ2v) is 6.36. The van der Waals surface area contributed by atoms with Gasteiger partial charge in [0.25, 0.3) is 11.8 Å². The molecule has 3 rings (SSSR count). The normalized spacial score (nSPS) is 14.2. The molecular weight excluding hydrogens is 352 g/mol. The third-order valence-corrected chi connectivity index (χ3v) is 4.60. The van der Waals surface area contributed by atoms with Gasteiger partial charge in [-0.15, -0.1) is 0 Å². The molecule has 5 nitrogen and oxygen atoms in total. The lowest BCUT2D eigenvalue weighted by Crippen LogP contribution is -2.32. The molecular formula is C20H19ClN2O3. The molecule has 26 heavy (non-hydrogen) atoms. The van der Waals surface area contributed by atoms with E-state index in [2.05, 4.69) is 5.32 Å². The molecule has 1 aliphatic rings. The fourth-order valence-electron chi connectivity index (χ4n) is 2.78. The Labute approximate surface area is 157 Å². The summed E-state index contributed by atoms with van der Waals surface area (Å²) >= 11 is 6.18. The number of nitrogens with zero attached hydrogens (tertiary/aromatic N) is 1. The summed E-state index contributed by atoms with van der Waals surface area (Å²) in [4.78, 5) is 26.4. The zero-order chi connectivity index (χ0) is 18.8. The third-order valence-electron chi connectivity index (χ3n) is 4.24. The van der Waals surface area contributed by atoms with Crippen LogP contribution in [-0.4, -0.2) is 18.9 Å². The van der Waals surface area contributed by atoms with E-state index >= 15 is 0 Å². The van der Waals surface area contributed by atoms with E-state index in [4.69, 9.17) is 16.3 Å². The topological polar surface area (TPSA) is 58.6 Å². The van der Waals surface area contributed by atoms with Crippen LogP contribution in [0.2, 0.25) is 0 Å². The number of aryl methyl sites for hydroxylation is 2. The molecule has 0 spiro atoms. The second kappa shape index (κ2) is 7.22. The second-order valence-electron chi connectivity index (χ2n) is 5.98. The highest BCUT2D eigenvalue weighted by Gasteiger charge is 2.39. The predicted octanol–water partition coefficient (Wildman–Crippen LogP) is 4.00. The van der Waals surface area contributed by atoms with Gasteiger partial charge in [-0.2, -0.15) is 0 Å². The number of nitrogens with one attached hydrogen (secondary N) is 1. The number of carbonyl (C=O) groups is 2. The van der Waals surface area contributed by atoms with E-state index in [0.29, 0.717) is 17.1 Å². The summed E-state index contributed by atoms with van der Waals surface area (Å²) in [6.07, 6.45) is 0.876. The number of amides is 2. The Morgan fingerprint density at radius 1 is 1.08 bits per heavy atom. The number of hydrogen-bond donors (Lipinski definition) is 1. The zero-order valence-corrected chi connectivity index (χ0v) is 15.6. The molecule has 2 aromatic carbocycles. The van der Waals surface area contributed by atoms with Gasteiger partial charge in [0, 0.05) is 0 Å².